The maximum absolute atomic E-state index is 12.4. The number of aromatic nitrogens is 2. The summed E-state index contributed by atoms with van der Waals surface area (Å²) in [6.07, 6.45) is 3.09. The van der Waals surface area contributed by atoms with Gasteiger partial charge in [-0.05, 0) is 37.3 Å². The van der Waals surface area contributed by atoms with Gasteiger partial charge in [-0.1, -0.05) is 17.7 Å². The van der Waals surface area contributed by atoms with E-state index in [2.05, 4.69) is 26.1 Å². The Morgan fingerprint density at radius 2 is 2.09 bits per heavy atom. The average Bonchev–Trinajstić information content (AvgIpc) is 3.48. The molecule has 0 fully saturated rings. The van der Waals surface area contributed by atoms with E-state index >= 15 is 0 Å². The average molecular weight is 485 g/mol. The number of amides is 3. The Morgan fingerprint density at radius 1 is 1.24 bits per heavy atom. The predicted molar refractivity (Wildman–Crippen MR) is 124 cm³/mol. The molecule has 3 aromatic heterocycles. The molecule has 0 aliphatic heterocycles. The molecule has 0 bridgehead atoms. The number of halogens is 1. The number of rotatable bonds is 6. The second-order valence-corrected chi connectivity index (χ2v) is 8.06. The van der Waals surface area contributed by atoms with Gasteiger partial charge in [-0.3, -0.25) is 18.8 Å². The first-order chi connectivity index (χ1) is 15.9. The molecule has 0 aliphatic rings. The lowest BCUT2D eigenvalue weighted by atomic mass is 10.3. The van der Waals surface area contributed by atoms with Crippen LogP contribution in [0.4, 0.5) is 5.69 Å². The van der Waals surface area contributed by atoms with Crippen molar-refractivity contribution in [3.05, 3.63) is 75.9 Å². The molecule has 3 amide bonds. The number of fused-ring (bicyclic) bond motifs is 1. The maximum atomic E-state index is 12.4. The van der Waals surface area contributed by atoms with Gasteiger partial charge >= 0.3 is 11.8 Å². The van der Waals surface area contributed by atoms with Gasteiger partial charge in [-0.2, -0.15) is 5.10 Å². The SMILES string of the molecule is Cc1nc2sccn2c1C(=O)N/N=C/c1ccc(CNC(=O)C(=O)Nc2cccc(Cl)c2)o1. The number of imidazole rings is 1. The van der Waals surface area contributed by atoms with Crippen molar-refractivity contribution in [2.45, 2.75) is 13.5 Å². The van der Waals surface area contributed by atoms with Gasteiger partial charge in [-0.15, -0.1) is 11.3 Å². The number of carbonyl (C=O) groups excluding carboxylic acids is 3. The van der Waals surface area contributed by atoms with Crippen LogP contribution in [0.15, 0.2) is 57.5 Å². The second kappa shape index (κ2) is 9.67. The fourth-order valence-electron chi connectivity index (χ4n) is 2.94. The Kier molecular flexibility index (Phi) is 6.52. The third-order valence-electron chi connectivity index (χ3n) is 4.40. The van der Waals surface area contributed by atoms with Gasteiger partial charge in [0.05, 0.1) is 18.5 Å². The summed E-state index contributed by atoms with van der Waals surface area (Å²) < 4.78 is 7.22. The normalized spacial score (nSPS) is 11.1. The highest BCUT2D eigenvalue weighted by Crippen LogP contribution is 2.17. The number of hydrogen-bond donors (Lipinski definition) is 3. The van der Waals surface area contributed by atoms with E-state index in [4.69, 9.17) is 16.0 Å². The molecule has 0 saturated heterocycles. The molecule has 0 aliphatic carbocycles. The van der Waals surface area contributed by atoms with Crippen LogP contribution in [0.2, 0.25) is 5.02 Å². The molecule has 12 heteroatoms. The van der Waals surface area contributed by atoms with Crippen LogP contribution in [0.1, 0.15) is 27.7 Å². The number of furan rings is 1. The van der Waals surface area contributed by atoms with E-state index < -0.39 is 17.7 Å². The van der Waals surface area contributed by atoms with E-state index in [-0.39, 0.29) is 6.54 Å². The van der Waals surface area contributed by atoms with E-state index in [0.29, 0.717) is 33.6 Å². The standard InChI is InChI=1S/C21H17ClN6O4S/c1-12-17(28-7-8-33-21(28)25-12)18(29)27-24-11-16-6-5-15(32-16)10-23-19(30)20(31)26-14-4-2-3-13(22)9-14/h2-9,11H,10H2,1H3,(H,23,30)(H,26,31)(H,27,29)/b24-11+. The Morgan fingerprint density at radius 3 is 2.91 bits per heavy atom. The lowest BCUT2D eigenvalue weighted by Gasteiger charge is -2.05. The Hall–Kier alpha value is -3.96. The van der Waals surface area contributed by atoms with E-state index in [1.54, 1.807) is 47.9 Å². The summed E-state index contributed by atoms with van der Waals surface area (Å²) in [5, 5.41) is 11.1. The number of hydrazone groups is 1. The summed E-state index contributed by atoms with van der Waals surface area (Å²) in [5.41, 5.74) is 3.86. The van der Waals surface area contributed by atoms with Gasteiger partial charge in [0.25, 0.3) is 5.91 Å². The third kappa shape index (κ3) is 5.27. The minimum Gasteiger partial charge on any atom is -0.458 e. The highest BCUT2D eigenvalue weighted by atomic mass is 35.5. The smallest absolute Gasteiger partial charge is 0.313 e. The summed E-state index contributed by atoms with van der Waals surface area (Å²) >= 11 is 7.28. The zero-order valence-corrected chi connectivity index (χ0v) is 18.7. The predicted octanol–water partition coefficient (Wildman–Crippen LogP) is 2.97. The van der Waals surface area contributed by atoms with E-state index in [9.17, 15) is 14.4 Å². The van der Waals surface area contributed by atoms with Crippen molar-refractivity contribution in [2.75, 3.05) is 5.32 Å². The molecule has 0 radical (unpaired) electrons. The van der Waals surface area contributed by atoms with Gasteiger partial charge < -0.3 is 15.1 Å². The molecule has 3 heterocycles. The lowest BCUT2D eigenvalue weighted by Crippen LogP contribution is -2.34. The monoisotopic (exact) mass is 484 g/mol. The van der Waals surface area contributed by atoms with Gasteiger partial charge in [0, 0.05) is 22.3 Å². The van der Waals surface area contributed by atoms with Crippen LogP contribution >= 0.6 is 22.9 Å². The molecule has 4 rings (SSSR count). The fourth-order valence-corrected chi connectivity index (χ4v) is 3.89. The Labute approximate surface area is 196 Å². The van der Waals surface area contributed by atoms with Gasteiger partial charge in [0.15, 0.2) is 4.96 Å². The number of nitrogens with zero attached hydrogens (tertiary/aromatic N) is 3. The molecular formula is C21H17ClN6O4S. The zero-order valence-electron chi connectivity index (χ0n) is 17.2. The van der Waals surface area contributed by atoms with Crippen LogP contribution in [-0.4, -0.2) is 33.3 Å². The topological polar surface area (TPSA) is 130 Å². The van der Waals surface area contributed by atoms with Crippen LogP contribution in [0, 0.1) is 6.92 Å². The largest absolute Gasteiger partial charge is 0.458 e. The molecule has 0 saturated carbocycles. The maximum Gasteiger partial charge on any atom is 0.313 e. The highest BCUT2D eigenvalue weighted by Gasteiger charge is 2.17. The molecule has 10 nitrogen and oxygen atoms in total. The molecule has 168 valence electrons. The second-order valence-electron chi connectivity index (χ2n) is 6.75. The molecular weight excluding hydrogens is 468 g/mol. The van der Waals surface area contributed by atoms with Crippen molar-refractivity contribution in [2.24, 2.45) is 5.10 Å². The van der Waals surface area contributed by atoms with E-state index in [1.165, 1.54) is 23.6 Å². The van der Waals surface area contributed by atoms with Crippen LogP contribution in [-0.2, 0) is 16.1 Å². The van der Waals surface area contributed by atoms with Gasteiger partial charge in [-0.25, -0.2) is 10.4 Å². The zero-order chi connectivity index (χ0) is 23.4. The number of nitrogens with one attached hydrogen (secondary N) is 3. The Bertz CT molecular complexity index is 1370. The fraction of sp³-hybridized carbons (Fsp3) is 0.0952. The first-order valence-electron chi connectivity index (χ1n) is 9.60. The highest BCUT2D eigenvalue weighted by molar-refractivity contribution is 7.15. The number of benzene rings is 1. The van der Waals surface area contributed by atoms with Crippen LogP contribution in [0.25, 0.3) is 4.96 Å². The number of carbonyl (C=O) groups is 3. The van der Waals surface area contributed by atoms with Crippen molar-refractivity contribution in [1.29, 1.82) is 0 Å². The van der Waals surface area contributed by atoms with E-state index in [1.807, 2.05) is 5.38 Å². The van der Waals surface area contributed by atoms with Crippen LogP contribution in [0.5, 0.6) is 0 Å². The van der Waals surface area contributed by atoms with Crippen LogP contribution < -0.4 is 16.1 Å². The lowest BCUT2D eigenvalue weighted by molar-refractivity contribution is -0.136. The van der Waals surface area contributed by atoms with Gasteiger partial charge in [0.1, 0.15) is 17.2 Å². The molecule has 33 heavy (non-hydrogen) atoms. The number of anilines is 1. The minimum atomic E-state index is -0.830. The first kappa shape index (κ1) is 22.2. The minimum absolute atomic E-state index is 0.00679. The van der Waals surface area contributed by atoms with Gasteiger partial charge in [0.2, 0.25) is 0 Å². The summed E-state index contributed by atoms with van der Waals surface area (Å²) in [6.45, 7) is 1.74. The molecule has 3 N–H and O–H groups in total. The molecule has 0 unspecified atom stereocenters. The number of aryl methyl sites for hydroxylation is 1. The van der Waals surface area contributed by atoms with Crippen molar-refractivity contribution in [1.82, 2.24) is 20.1 Å². The summed E-state index contributed by atoms with van der Waals surface area (Å²) in [4.78, 5) is 41.4. The summed E-state index contributed by atoms with van der Waals surface area (Å²) in [6, 6.07) is 9.69. The third-order valence-corrected chi connectivity index (χ3v) is 5.40. The van der Waals surface area contributed by atoms with Crippen molar-refractivity contribution >= 4 is 57.5 Å². The van der Waals surface area contributed by atoms with Crippen molar-refractivity contribution in [3.8, 4) is 0 Å². The molecule has 0 atom stereocenters. The van der Waals surface area contributed by atoms with Crippen molar-refractivity contribution in [3.63, 3.8) is 0 Å². The molecule has 1 aromatic carbocycles. The van der Waals surface area contributed by atoms with E-state index in [0.717, 1.165) is 4.96 Å². The van der Waals surface area contributed by atoms with Crippen molar-refractivity contribution < 1.29 is 18.8 Å². The summed E-state index contributed by atoms with van der Waals surface area (Å²) in [5.74, 6) is -1.31. The number of thiazole rings is 1. The quantitative estimate of drug-likeness (QED) is 0.220. The Balaban J connectivity index is 1.28. The first-order valence-corrected chi connectivity index (χ1v) is 10.9. The number of hydrogen-bond acceptors (Lipinski definition) is 7. The van der Waals surface area contributed by atoms with Crippen LogP contribution in [0.3, 0.4) is 0 Å². The molecule has 4 aromatic rings. The summed E-state index contributed by atoms with van der Waals surface area (Å²) in [7, 11) is 0. The molecule has 0 spiro atoms.